The van der Waals surface area contributed by atoms with E-state index in [1.54, 1.807) is 12.1 Å². The number of benzene rings is 1. The van der Waals surface area contributed by atoms with Crippen LogP contribution in [0.25, 0.3) is 11.3 Å². The van der Waals surface area contributed by atoms with Gasteiger partial charge in [-0.05, 0) is 56.0 Å². The number of halogens is 1. The Hall–Kier alpha value is -2.17. The molecule has 0 saturated heterocycles. The third-order valence-electron chi connectivity index (χ3n) is 4.79. The number of H-pyrrole nitrogens is 1. The number of aryl methyl sites for hydroxylation is 1. The summed E-state index contributed by atoms with van der Waals surface area (Å²) < 4.78 is 13.0. The van der Waals surface area contributed by atoms with E-state index in [-0.39, 0.29) is 11.7 Å². The molecule has 5 heteroatoms. The number of nitrogens with one attached hydrogen (secondary N) is 1. The van der Waals surface area contributed by atoms with Crippen molar-refractivity contribution in [3.63, 3.8) is 0 Å². The van der Waals surface area contributed by atoms with Crippen molar-refractivity contribution in [1.82, 2.24) is 15.1 Å². The molecule has 0 bridgehead atoms. The Labute approximate surface area is 142 Å². The van der Waals surface area contributed by atoms with Crippen molar-refractivity contribution >= 4 is 5.91 Å². The molecule has 1 aromatic carbocycles. The van der Waals surface area contributed by atoms with Gasteiger partial charge in [-0.1, -0.05) is 12.8 Å². The van der Waals surface area contributed by atoms with Crippen molar-refractivity contribution in [2.45, 2.75) is 38.5 Å². The Morgan fingerprint density at radius 2 is 2.00 bits per heavy atom. The first-order valence-corrected chi connectivity index (χ1v) is 8.68. The van der Waals surface area contributed by atoms with E-state index in [0.717, 1.165) is 49.2 Å². The predicted octanol–water partition coefficient (Wildman–Crippen LogP) is 3.80. The van der Waals surface area contributed by atoms with Crippen molar-refractivity contribution in [1.29, 1.82) is 0 Å². The molecule has 0 unspecified atom stereocenters. The maximum atomic E-state index is 13.0. The fourth-order valence-corrected chi connectivity index (χ4v) is 3.36. The van der Waals surface area contributed by atoms with Gasteiger partial charge in [0.1, 0.15) is 5.82 Å². The highest BCUT2D eigenvalue weighted by Crippen LogP contribution is 2.26. The summed E-state index contributed by atoms with van der Waals surface area (Å²) in [6.07, 6.45) is 6.21. The lowest BCUT2D eigenvalue weighted by molar-refractivity contribution is -0.134. The number of amides is 1. The lowest BCUT2D eigenvalue weighted by Crippen LogP contribution is -2.32. The molecule has 1 heterocycles. The van der Waals surface area contributed by atoms with Gasteiger partial charge >= 0.3 is 0 Å². The molecule has 128 valence electrons. The van der Waals surface area contributed by atoms with Gasteiger partial charge in [-0.3, -0.25) is 9.89 Å². The fourth-order valence-electron chi connectivity index (χ4n) is 3.36. The smallest absolute Gasteiger partial charge is 0.225 e. The molecule has 0 radical (unpaired) electrons. The molecule has 1 aliphatic carbocycles. The molecule has 0 atom stereocenters. The standard InChI is InChI=1S/C19H24FN3O/c1-23(19(24)15-5-2-3-6-15)12-4-7-17-13-18(22-21-17)14-8-10-16(20)11-9-14/h8-11,13,15H,2-7,12H2,1H3,(H,21,22). The predicted molar refractivity (Wildman–Crippen MR) is 91.9 cm³/mol. The van der Waals surface area contributed by atoms with Gasteiger partial charge in [0.15, 0.2) is 0 Å². The van der Waals surface area contributed by atoms with Gasteiger partial charge in [0.2, 0.25) is 5.91 Å². The van der Waals surface area contributed by atoms with Gasteiger partial charge in [-0.25, -0.2) is 4.39 Å². The first-order chi connectivity index (χ1) is 11.6. The molecule has 3 rings (SSSR count). The minimum absolute atomic E-state index is 0.243. The molecule has 24 heavy (non-hydrogen) atoms. The second-order valence-electron chi connectivity index (χ2n) is 6.63. The molecule has 1 fully saturated rings. The lowest BCUT2D eigenvalue weighted by atomic mass is 10.1. The van der Waals surface area contributed by atoms with Crippen LogP contribution in [0.3, 0.4) is 0 Å². The van der Waals surface area contributed by atoms with Crippen LogP contribution in [0, 0.1) is 11.7 Å². The number of rotatable bonds is 6. The van der Waals surface area contributed by atoms with Crippen LogP contribution >= 0.6 is 0 Å². The highest BCUT2D eigenvalue weighted by Gasteiger charge is 2.25. The summed E-state index contributed by atoms with van der Waals surface area (Å²) in [5.41, 5.74) is 2.75. The minimum Gasteiger partial charge on any atom is -0.346 e. The summed E-state index contributed by atoms with van der Waals surface area (Å²) in [6, 6.07) is 8.32. The van der Waals surface area contributed by atoms with Gasteiger partial charge in [0.25, 0.3) is 0 Å². The van der Waals surface area contributed by atoms with Crippen molar-refractivity contribution in [2.24, 2.45) is 5.92 Å². The molecular weight excluding hydrogens is 305 g/mol. The highest BCUT2D eigenvalue weighted by molar-refractivity contribution is 5.78. The van der Waals surface area contributed by atoms with Crippen molar-refractivity contribution in [3.8, 4) is 11.3 Å². The fraction of sp³-hybridized carbons (Fsp3) is 0.474. The molecule has 2 aromatic rings. The van der Waals surface area contributed by atoms with Crippen molar-refractivity contribution in [2.75, 3.05) is 13.6 Å². The van der Waals surface area contributed by atoms with Crippen LogP contribution in [0.15, 0.2) is 30.3 Å². The van der Waals surface area contributed by atoms with E-state index in [2.05, 4.69) is 10.2 Å². The van der Waals surface area contributed by atoms with Crippen LogP contribution in [0.2, 0.25) is 0 Å². The quantitative estimate of drug-likeness (QED) is 0.876. The Morgan fingerprint density at radius 1 is 1.29 bits per heavy atom. The summed E-state index contributed by atoms with van der Waals surface area (Å²) in [5.74, 6) is 0.292. The number of nitrogens with zero attached hydrogens (tertiary/aromatic N) is 2. The minimum atomic E-state index is -0.246. The molecule has 1 aromatic heterocycles. The van der Waals surface area contributed by atoms with Gasteiger partial charge < -0.3 is 4.90 Å². The lowest BCUT2D eigenvalue weighted by Gasteiger charge is -2.20. The Morgan fingerprint density at radius 3 is 2.71 bits per heavy atom. The summed E-state index contributed by atoms with van der Waals surface area (Å²) in [5, 5.41) is 7.31. The zero-order valence-electron chi connectivity index (χ0n) is 14.1. The number of hydrogen-bond acceptors (Lipinski definition) is 2. The Balaban J connectivity index is 1.48. The highest BCUT2D eigenvalue weighted by atomic mass is 19.1. The third-order valence-corrected chi connectivity index (χ3v) is 4.79. The van der Waals surface area contributed by atoms with Gasteiger partial charge in [0, 0.05) is 30.8 Å². The van der Waals surface area contributed by atoms with Gasteiger partial charge in [-0.15, -0.1) is 0 Å². The maximum Gasteiger partial charge on any atom is 0.225 e. The monoisotopic (exact) mass is 329 g/mol. The first-order valence-electron chi connectivity index (χ1n) is 8.68. The molecule has 1 saturated carbocycles. The third kappa shape index (κ3) is 4.02. The van der Waals surface area contributed by atoms with E-state index in [4.69, 9.17) is 0 Å². The zero-order valence-corrected chi connectivity index (χ0v) is 14.1. The second-order valence-corrected chi connectivity index (χ2v) is 6.63. The summed E-state index contributed by atoms with van der Waals surface area (Å²) >= 11 is 0. The summed E-state index contributed by atoms with van der Waals surface area (Å²) in [7, 11) is 1.90. The normalized spacial score (nSPS) is 14.9. The Bertz CT molecular complexity index is 674. The van der Waals surface area contributed by atoms with E-state index in [0.29, 0.717) is 5.91 Å². The average molecular weight is 329 g/mol. The number of carbonyl (C=O) groups excluding carboxylic acids is 1. The number of carbonyl (C=O) groups is 1. The van der Waals surface area contributed by atoms with Crippen LogP contribution in [-0.2, 0) is 11.2 Å². The van der Waals surface area contributed by atoms with Gasteiger partial charge in [0.05, 0.1) is 5.69 Å². The van der Waals surface area contributed by atoms with Crippen LogP contribution in [0.5, 0.6) is 0 Å². The van der Waals surface area contributed by atoms with Gasteiger partial charge in [-0.2, -0.15) is 5.10 Å². The zero-order chi connectivity index (χ0) is 16.9. The number of hydrogen-bond donors (Lipinski definition) is 1. The molecule has 1 amide bonds. The summed E-state index contributed by atoms with van der Waals surface area (Å²) in [6.45, 7) is 0.764. The van der Waals surface area contributed by atoms with Crippen molar-refractivity contribution < 1.29 is 9.18 Å². The van der Waals surface area contributed by atoms with Crippen LogP contribution < -0.4 is 0 Å². The van der Waals surface area contributed by atoms with E-state index in [9.17, 15) is 9.18 Å². The molecule has 4 nitrogen and oxygen atoms in total. The van der Waals surface area contributed by atoms with Crippen molar-refractivity contribution in [3.05, 3.63) is 41.8 Å². The number of aromatic nitrogens is 2. The SMILES string of the molecule is CN(CCCc1cc(-c2ccc(F)cc2)n[nH]1)C(=O)C1CCCC1. The van der Waals surface area contributed by atoms with Crippen LogP contribution in [0.1, 0.15) is 37.8 Å². The summed E-state index contributed by atoms with van der Waals surface area (Å²) in [4.78, 5) is 14.1. The maximum absolute atomic E-state index is 13.0. The van der Waals surface area contributed by atoms with E-state index in [1.807, 2.05) is 18.0 Å². The molecule has 0 spiro atoms. The second kappa shape index (κ2) is 7.60. The number of aromatic amines is 1. The average Bonchev–Trinajstić information content (AvgIpc) is 3.26. The molecule has 1 aliphatic rings. The molecule has 1 N–H and O–H groups in total. The van der Waals surface area contributed by atoms with Crippen LogP contribution in [0.4, 0.5) is 4.39 Å². The largest absolute Gasteiger partial charge is 0.346 e. The van der Waals surface area contributed by atoms with E-state index < -0.39 is 0 Å². The van der Waals surface area contributed by atoms with E-state index >= 15 is 0 Å². The topological polar surface area (TPSA) is 49.0 Å². The first kappa shape index (κ1) is 16.7. The molecule has 0 aliphatic heterocycles. The van der Waals surface area contributed by atoms with E-state index in [1.165, 1.54) is 25.0 Å². The van der Waals surface area contributed by atoms with Crippen LogP contribution in [-0.4, -0.2) is 34.6 Å². The molecular formula is C19H24FN3O. The Kier molecular flexibility index (Phi) is 5.28.